The number of hydrogen-bond donors (Lipinski definition) is 4. The quantitative estimate of drug-likeness (QED) is 0.305. The van der Waals surface area contributed by atoms with E-state index in [4.69, 9.17) is 5.21 Å². The van der Waals surface area contributed by atoms with E-state index in [-0.39, 0.29) is 18.7 Å². The van der Waals surface area contributed by atoms with Crippen LogP contribution in [-0.4, -0.2) is 43.3 Å². The molecule has 0 aromatic heterocycles. The number of alkyl halides is 3. The number of benzene rings is 1. The van der Waals surface area contributed by atoms with Crippen LogP contribution in [0.5, 0.6) is 0 Å². The molecule has 2 amide bonds. The van der Waals surface area contributed by atoms with Gasteiger partial charge in [-0.05, 0) is 38.1 Å². The van der Waals surface area contributed by atoms with Crippen molar-refractivity contribution in [1.82, 2.24) is 15.5 Å². The molecule has 0 spiro atoms. The third-order valence-corrected chi connectivity index (χ3v) is 5.61. The van der Waals surface area contributed by atoms with Crippen LogP contribution in [0.2, 0.25) is 0 Å². The molecule has 146 valence electrons. The van der Waals surface area contributed by atoms with Crippen molar-refractivity contribution in [3.8, 4) is 0 Å². The van der Waals surface area contributed by atoms with Crippen LogP contribution in [0.15, 0.2) is 24.3 Å². The average Bonchev–Trinajstić information content (AvgIpc) is 2.56. The third kappa shape index (κ3) is 5.16. The molecule has 0 atom stereocenters. The summed E-state index contributed by atoms with van der Waals surface area (Å²) in [7, 11) is -4.15. The Morgan fingerprint density at radius 2 is 1.62 bits per heavy atom. The van der Waals surface area contributed by atoms with Gasteiger partial charge in [0.15, 0.2) is 4.75 Å². The van der Waals surface area contributed by atoms with Crippen LogP contribution in [0.4, 0.5) is 13.2 Å². The molecular weight excluding hydrogens is 379 g/mol. The van der Waals surface area contributed by atoms with Gasteiger partial charge in [-0.2, -0.15) is 13.2 Å². The first-order chi connectivity index (χ1) is 11.8. The molecule has 0 fully saturated rings. The van der Waals surface area contributed by atoms with Gasteiger partial charge in [-0.15, -0.1) is 0 Å². The second-order valence-electron chi connectivity index (χ2n) is 5.68. The van der Waals surface area contributed by atoms with Gasteiger partial charge in [-0.25, -0.2) is 18.6 Å². The molecule has 1 rings (SSSR count). The average molecular weight is 397 g/mol. The SMILES string of the molecule is CC(C)(C(=O)NO)S(=O)(=O)NCCNC(=O)c1ccc(C(F)(F)F)cc1. The lowest BCUT2D eigenvalue weighted by Gasteiger charge is -2.22. The number of amides is 2. The molecule has 0 aliphatic carbocycles. The number of rotatable bonds is 7. The Labute approximate surface area is 147 Å². The number of sulfonamides is 1. The predicted molar refractivity (Wildman–Crippen MR) is 84.7 cm³/mol. The zero-order chi connectivity index (χ0) is 20.2. The van der Waals surface area contributed by atoms with E-state index in [9.17, 15) is 31.2 Å². The number of hydroxylamine groups is 1. The van der Waals surface area contributed by atoms with Gasteiger partial charge in [0, 0.05) is 18.7 Å². The van der Waals surface area contributed by atoms with Gasteiger partial charge in [0.1, 0.15) is 0 Å². The Morgan fingerprint density at radius 1 is 1.08 bits per heavy atom. The molecule has 0 saturated carbocycles. The minimum absolute atomic E-state index is 0.0270. The molecule has 1 aromatic carbocycles. The van der Waals surface area contributed by atoms with Crippen LogP contribution in [0, 0.1) is 0 Å². The molecule has 26 heavy (non-hydrogen) atoms. The molecule has 0 saturated heterocycles. The molecule has 1 aromatic rings. The fraction of sp³-hybridized carbons (Fsp3) is 0.429. The topological polar surface area (TPSA) is 125 Å². The van der Waals surface area contributed by atoms with Crippen LogP contribution in [0.1, 0.15) is 29.8 Å². The van der Waals surface area contributed by atoms with E-state index in [1.807, 2.05) is 0 Å². The van der Waals surface area contributed by atoms with E-state index in [1.54, 1.807) is 0 Å². The summed E-state index contributed by atoms with van der Waals surface area (Å²) in [6, 6.07) is 3.51. The highest BCUT2D eigenvalue weighted by atomic mass is 32.2. The highest BCUT2D eigenvalue weighted by Crippen LogP contribution is 2.29. The van der Waals surface area contributed by atoms with E-state index in [0.29, 0.717) is 0 Å². The zero-order valence-electron chi connectivity index (χ0n) is 13.8. The smallest absolute Gasteiger partial charge is 0.351 e. The Morgan fingerprint density at radius 3 is 2.08 bits per heavy atom. The van der Waals surface area contributed by atoms with Crippen molar-refractivity contribution in [2.45, 2.75) is 24.8 Å². The molecule has 0 radical (unpaired) electrons. The number of carbonyl (C=O) groups excluding carboxylic acids is 2. The van der Waals surface area contributed by atoms with Crippen LogP contribution in [0.3, 0.4) is 0 Å². The van der Waals surface area contributed by atoms with Crippen molar-refractivity contribution in [2.24, 2.45) is 0 Å². The molecule has 12 heteroatoms. The summed E-state index contributed by atoms with van der Waals surface area (Å²) in [6.45, 7) is 1.70. The maximum atomic E-state index is 12.4. The minimum Gasteiger partial charge on any atom is -0.351 e. The zero-order valence-corrected chi connectivity index (χ0v) is 14.7. The molecule has 4 N–H and O–H groups in total. The number of hydrogen-bond acceptors (Lipinski definition) is 5. The highest BCUT2D eigenvalue weighted by molar-refractivity contribution is 7.91. The van der Waals surface area contributed by atoms with Gasteiger partial charge < -0.3 is 5.32 Å². The van der Waals surface area contributed by atoms with Gasteiger partial charge in [0.05, 0.1) is 5.56 Å². The van der Waals surface area contributed by atoms with Crippen molar-refractivity contribution >= 4 is 21.8 Å². The number of halogens is 3. The largest absolute Gasteiger partial charge is 0.416 e. The van der Waals surface area contributed by atoms with E-state index < -0.39 is 38.3 Å². The first-order valence-electron chi connectivity index (χ1n) is 7.22. The van der Waals surface area contributed by atoms with Gasteiger partial charge in [0.2, 0.25) is 10.0 Å². The molecular formula is C14H18F3N3O5S. The molecule has 0 bridgehead atoms. The van der Waals surface area contributed by atoms with Gasteiger partial charge in [0.25, 0.3) is 11.8 Å². The van der Waals surface area contributed by atoms with E-state index >= 15 is 0 Å². The van der Waals surface area contributed by atoms with Crippen LogP contribution < -0.4 is 15.5 Å². The summed E-state index contributed by atoms with van der Waals surface area (Å²) in [5.74, 6) is -1.83. The first-order valence-corrected chi connectivity index (χ1v) is 8.70. The second-order valence-corrected chi connectivity index (χ2v) is 8.00. The van der Waals surface area contributed by atoms with Gasteiger partial charge in [-0.1, -0.05) is 0 Å². The lowest BCUT2D eigenvalue weighted by atomic mass is 10.1. The summed E-state index contributed by atoms with van der Waals surface area (Å²) in [5, 5.41) is 10.9. The van der Waals surface area contributed by atoms with E-state index in [2.05, 4.69) is 10.0 Å². The summed E-state index contributed by atoms with van der Waals surface area (Å²) in [6.07, 6.45) is -4.51. The fourth-order valence-corrected chi connectivity index (χ4v) is 2.73. The molecule has 0 unspecified atom stereocenters. The van der Waals surface area contributed by atoms with Crippen LogP contribution in [0.25, 0.3) is 0 Å². The first kappa shape index (κ1) is 21.9. The van der Waals surface area contributed by atoms with E-state index in [0.717, 1.165) is 38.1 Å². The molecule has 0 heterocycles. The minimum atomic E-state index is -4.51. The fourth-order valence-electron chi connectivity index (χ4n) is 1.71. The number of carbonyl (C=O) groups is 2. The monoisotopic (exact) mass is 397 g/mol. The molecule has 0 aliphatic rings. The third-order valence-electron chi connectivity index (χ3n) is 3.50. The van der Waals surface area contributed by atoms with Crippen molar-refractivity contribution < 1.29 is 36.4 Å². The highest BCUT2D eigenvalue weighted by Gasteiger charge is 2.41. The standard InChI is InChI=1S/C14H18F3N3O5S/c1-13(2,12(22)20-23)26(24,25)19-8-7-18-11(21)9-3-5-10(6-4-9)14(15,16)17/h3-6,19,23H,7-8H2,1-2H3,(H,18,21)(H,20,22). The Hall–Kier alpha value is -2.18. The molecule has 0 aliphatic heterocycles. The van der Waals surface area contributed by atoms with Crippen molar-refractivity contribution in [3.05, 3.63) is 35.4 Å². The maximum absolute atomic E-state index is 12.4. The van der Waals surface area contributed by atoms with Gasteiger partial charge in [-0.3, -0.25) is 14.8 Å². The van der Waals surface area contributed by atoms with Crippen LogP contribution >= 0.6 is 0 Å². The Balaban J connectivity index is 2.58. The normalized spacial score (nSPS) is 12.5. The lowest BCUT2D eigenvalue weighted by molar-refractivity contribution is -0.137. The maximum Gasteiger partial charge on any atom is 0.416 e. The summed E-state index contributed by atoms with van der Waals surface area (Å²) >= 11 is 0. The molecule has 8 nitrogen and oxygen atoms in total. The van der Waals surface area contributed by atoms with Crippen molar-refractivity contribution in [3.63, 3.8) is 0 Å². The lowest BCUT2D eigenvalue weighted by Crippen LogP contribution is -2.52. The summed E-state index contributed by atoms with van der Waals surface area (Å²) < 4.78 is 61.5. The van der Waals surface area contributed by atoms with Gasteiger partial charge >= 0.3 is 6.18 Å². The van der Waals surface area contributed by atoms with E-state index in [1.165, 1.54) is 5.48 Å². The van der Waals surface area contributed by atoms with Crippen LogP contribution in [-0.2, 0) is 21.0 Å². The summed E-state index contributed by atoms with van der Waals surface area (Å²) in [4.78, 5) is 23.2. The Kier molecular flexibility index (Phi) is 6.74. The van der Waals surface area contributed by atoms with Crippen molar-refractivity contribution in [1.29, 1.82) is 0 Å². The predicted octanol–water partition coefficient (Wildman–Crippen LogP) is 0.639. The summed E-state index contributed by atoms with van der Waals surface area (Å²) in [5.41, 5.74) is 0.325. The number of nitrogens with one attached hydrogen (secondary N) is 3. The second kappa shape index (κ2) is 8.01. The Bertz CT molecular complexity index is 761. The van der Waals surface area contributed by atoms with Crippen molar-refractivity contribution in [2.75, 3.05) is 13.1 Å².